The number of primary amides is 1. The van der Waals surface area contributed by atoms with E-state index in [1.54, 1.807) is 0 Å². The van der Waals surface area contributed by atoms with Crippen molar-refractivity contribution >= 4 is 28.2 Å². The van der Waals surface area contributed by atoms with Crippen LogP contribution in [-0.2, 0) is 12.8 Å². The average molecular weight is 342 g/mol. The number of hydrogen-bond donors (Lipinski definition) is 2. The number of benzene rings is 1. The first-order chi connectivity index (χ1) is 11.3. The van der Waals surface area contributed by atoms with Crippen molar-refractivity contribution in [1.29, 1.82) is 0 Å². The minimum absolute atomic E-state index is 0.198. The predicted molar refractivity (Wildman–Crippen MR) is 97.9 cm³/mol. The van der Waals surface area contributed by atoms with Gasteiger partial charge in [0.05, 0.1) is 5.56 Å². The molecule has 1 aromatic heterocycles. The molecule has 0 unspecified atom stereocenters. The molecular weight excluding hydrogens is 320 g/mol. The fourth-order valence-electron chi connectivity index (χ4n) is 3.38. The lowest BCUT2D eigenvalue weighted by atomic mass is 9.88. The summed E-state index contributed by atoms with van der Waals surface area (Å²) in [4.78, 5) is 25.7. The van der Waals surface area contributed by atoms with E-state index in [9.17, 15) is 9.59 Å². The molecule has 2 aromatic rings. The van der Waals surface area contributed by atoms with Crippen LogP contribution in [0.3, 0.4) is 0 Å². The highest BCUT2D eigenvalue weighted by molar-refractivity contribution is 7.17. The summed E-state index contributed by atoms with van der Waals surface area (Å²) in [7, 11) is 0. The Hall–Kier alpha value is -2.14. The first kappa shape index (κ1) is 16.7. The van der Waals surface area contributed by atoms with Gasteiger partial charge < -0.3 is 11.1 Å². The second-order valence-electron chi connectivity index (χ2n) is 6.75. The zero-order chi connectivity index (χ0) is 17.4. The lowest BCUT2D eigenvalue weighted by Gasteiger charge is -2.18. The Morgan fingerprint density at radius 2 is 1.88 bits per heavy atom. The van der Waals surface area contributed by atoms with Crippen molar-refractivity contribution in [3.05, 3.63) is 50.9 Å². The molecule has 2 amide bonds. The van der Waals surface area contributed by atoms with Gasteiger partial charge in [-0.05, 0) is 56.7 Å². The molecule has 0 spiro atoms. The molecule has 24 heavy (non-hydrogen) atoms. The number of hydrogen-bond acceptors (Lipinski definition) is 3. The van der Waals surface area contributed by atoms with Crippen LogP contribution < -0.4 is 11.1 Å². The molecular formula is C19H22N2O2S. The topological polar surface area (TPSA) is 72.2 Å². The third kappa shape index (κ3) is 3.22. The molecule has 0 bridgehead atoms. The van der Waals surface area contributed by atoms with Crippen LogP contribution >= 0.6 is 11.3 Å². The van der Waals surface area contributed by atoms with Gasteiger partial charge in [-0.25, -0.2) is 0 Å². The molecule has 1 aromatic carbocycles. The largest absolute Gasteiger partial charge is 0.365 e. The Labute approximate surface area is 146 Å². The Bertz CT molecular complexity index is 803. The molecule has 0 radical (unpaired) electrons. The highest BCUT2D eigenvalue weighted by Crippen LogP contribution is 2.39. The minimum Gasteiger partial charge on any atom is -0.365 e. The first-order valence-electron chi connectivity index (χ1n) is 8.19. The lowest BCUT2D eigenvalue weighted by Crippen LogP contribution is -2.19. The summed E-state index contributed by atoms with van der Waals surface area (Å²) in [6.45, 7) is 6.13. The zero-order valence-corrected chi connectivity index (χ0v) is 15.0. The molecule has 126 valence electrons. The number of rotatable bonds is 3. The van der Waals surface area contributed by atoms with Gasteiger partial charge in [-0.15, -0.1) is 11.3 Å². The Kier molecular flexibility index (Phi) is 4.45. The molecule has 4 nitrogen and oxygen atoms in total. The summed E-state index contributed by atoms with van der Waals surface area (Å²) in [5.41, 5.74) is 9.80. The molecule has 1 heterocycles. The smallest absolute Gasteiger partial charge is 0.256 e. The van der Waals surface area contributed by atoms with Crippen molar-refractivity contribution in [1.82, 2.24) is 0 Å². The van der Waals surface area contributed by atoms with Gasteiger partial charge in [0.1, 0.15) is 5.00 Å². The van der Waals surface area contributed by atoms with E-state index in [1.807, 2.05) is 32.0 Å². The fourth-order valence-corrected chi connectivity index (χ4v) is 4.79. The number of amides is 2. The van der Waals surface area contributed by atoms with Crippen LogP contribution in [0.4, 0.5) is 5.00 Å². The number of carbonyl (C=O) groups is 2. The summed E-state index contributed by atoms with van der Waals surface area (Å²) in [6, 6.07) is 5.72. The summed E-state index contributed by atoms with van der Waals surface area (Å²) in [5.74, 6) is -0.0615. The van der Waals surface area contributed by atoms with Crippen LogP contribution in [0.2, 0.25) is 0 Å². The van der Waals surface area contributed by atoms with Gasteiger partial charge in [-0.2, -0.15) is 0 Å². The van der Waals surface area contributed by atoms with Crippen LogP contribution in [-0.4, -0.2) is 11.8 Å². The molecule has 1 atom stereocenters. The Morgan fingerprint density at radius 3 is 2.50 bits per heavy atom. The third-order valence-electron chi connectivity index (χ3n) is 4.47. The van der Waals surface area contributed by atoms with Gasteiger partial charge in [0, 0.05) is 10.4 Å². The van der Waals surface area contributed by atoms with E-state index < -0.39 is 5.91 Å². The van der Waals surface area contributed by atoms with Crippen molar-refractivity contribution in [3.8, 4) is 0 Å². The zero-order valence-electron chi connectivity index (χ0n) is 14.2. The van der Waals surface area contributed by atoms with Crippen molar-refractivity contribution in [2.24, 2.45) is 11.7 Å². The quantitative estimate of drug-likeness (QED) is 0.889. The van der Waals surface area contributed by atoms with Crippen LogP contribution in [0, 0.1) is 19.8 Å². The van der Waals surface area contributed by atoms with Gasteiger partial charge in [0.15, 0.2) is 0 Å². The maximum atomic E-state index is 12.6. The molecule has 1 aliphatic rings. The first-order valence-corrected chi connectivity index (χ1v) is 9.00. The van der Waals surface area contributed by atoms with Crippen molar-refractivity contribution < 1.29 is 9.59 Å². The average Bonchev–Trinajstić information content (AvgIpc) is 2.83. The van der Waals surface area contributed by atoms with E-state index in [0.717, 1.165) is 36.0 Å². The maximum Gasteiger partial charge on any atom is 0.256 e. The maximum absolute atomic E-state index is 12.6. The number of carbonyl (C=O) groups excluding carboxylic acids is 2. The molecule has 1 aliphatic carbocycles. The molecule has 5 heteroatoms. The fraction of sp³-hybridized carbons (Fsp3) is 0.368. The SMILES string of the molecule is Cc1cc(C)cc(C(=O)Nc2sc3c(c2C(N)=O)CC[C@H](C)C3)c1. The predicted octanol–water partition coefficient (Wildman–Crippen LogP) is 3.84. The Balaban J connectivity index is 1.95. The second-order valence-corrected chi connectivity index (χ2v) is 7.86. The second kappa shape index (κ2) is 6.40. The molecule has 0 fully saturated rings. The van der Waals surface area contributed by atoms with Crippen LogP contribution in [0.15, 0.2) is 18.2 Å². The number of anilines is 1. The summed E-state index contributed by atoms with van der Waals surface area (Å²) >= 11 is 1.49. The number of thiophene rings is 1. The molecule has 0 aliphatic heterocycles. The van der Waals surface area contributed by atoms with Gasteiger partial charge in [0.2, 0.25) is 0 Å². The number of nitrogens with one attached hydrogen (secondary N) is 1. The molecule has 3 N–H and O–H groups in total. The van der Waals surface area contributed by atoms with Crippen LogP contribution in [0.1, 0.15) is 55.6 Å². The number of nitrogens with two attached hydrogens (primary N) is 1. The van der Waals surface area contributed by atoms with E-state index in [-0.39, 0.29) is 5.91 Å². The molecule has 3 rings (SSSR count). The van der Waals surface area contributed by atoms with Crippen LogP contribution in [0.25, 0.3) is 0 Å². The van der Waals surface area contributed by atoms with E-state index in [1.165, 1.54) is 16.2 Å². The van der Waals surface area contributed by atoms with E-state index in [4.69, 9.17) is 5.73 Å². The van der Waals surface area contributed by atoms with E-state index in [0.29, 0.717) is 22.0 Å². The molecule has 0 saturated heterocycles. The van der Waals surface area contributed by atoms with E-state index in [2.05, 4.69) is 12.2 Å². The van der Waals surface area contributed by atoms with Gasteiger partial charge in [-0.3, -0.25) is 9.59 Å². The number of fused-ring (bicyclic) bond motifs is 1. The lowest BCUT2D eigenvalue weighted by molar-refractivity contribution is 0.1000. The minimum atomic E-state index is -0.460. The monoisotopic (exact) mass is 342 g/mol. The highest BCUT2D eigenvalue weighted by atomic mass is 32.1. The highest BCUT2D eigenvalue weighted by Gasteiger charge is 2.27. The van der Waals surface area contributed by atoms with Gasteiger partial charge in [0.25, 0.3) is 11.8 Å². The molecule has 0 saturated carbocycles. The van der Waals surface area contributed by atoms with Gasteiger partial charge >= 0.3 is 0 Å². The number of aryl methyl sites for hydroxylation is 2. The summed E-state index contributed by atoms with van der Waals surface area (Å²) < 4.78 is 0. The van der Waals surface area contributed by atoms with Crippen molar-refractivity contribution in [2.75, 3.05) is 5.32 Å². The summed E-state index contributed by atoms with van der Waals surface area (Å²) in [5, 5.41) is 3.50. The third-order valence-corrected chi connectivity index (χ3v) is 5.64. The van der Waals surface area contributed by atoms with E-state index >= 15 is 0 Å². The normalized spacial score (nSPS) is 16.5. The summed E-state index contributed by atoms with van der Waals surface area (Å²) in [6.07, 6.45) is 2.85. The van der Waals surface area contributed by atoms with Crippen molar-refractivity contribution in [3.63, 3.8) is 0 Å². The Morgan fingerprint density at radius 1 is 1.21 bits per heavy atom. The van der Waals surface area contributed by atoms with Crippen molar-refractivity contribution in [2.45, 2.75) is 40.0 Å². The van der Waals surface area contributed by atoms with Gasteiger partial charge in [-0.1, -0.05) is 24.1 Å². The standard InChI is InChI=1S/C19H22N2O2S/c1-10-4-5-14-15(9-10)24-19(16(14)17(20)22)21-18(23)13-7-11(2)6-12(3)8-13/h6-8,10H,4-5,9H2,1-3H3,(H2,20,22)(H,21,23)/t10-/m0/s1. The van der Waals surface area contributed by atoms with Crippen LogP contribution in [0.5, 0.6) is 0 Å².